The van der Waals surface area contributed by atoms with Gasteiger partial charge in [0.1, 0.15) is 5.01 Å². The smallest absolute Gasteiger partial charge is 0.124 e. The van der Waals surface area contributed by atoms with Crippen molar-refractivity contribution in [3.05, 3.63) is 90.6 Å². The number of aryl methyl sites for hydroxylation is 1. The molecule has 0 fully saturated rings. The lowest BCUT2D eigenvalue weighted by molar-refractivity contribution is 1.38. The summed E-state index contributed by atoms with van der Waals surface area (Å²) in [5.74, 6) is 0. The van der Waals surface area contributed by atoms with E-state index in [2.05, 4.69) is 84.7 Å². The van der Waals surface area contributed by atoms with Crippen molar-refractivity contribution in [1.29, 1.82) is 0 Å². The van der Waals surface area contributed by atoms with E-state index in [1.165, 1.54) is 32.7 Å². The van der Waals surface area contributed by atoms with Crippen LogP contribution in [0.1, 0.15) is 5.56 Å². The number of aromatic nitrogens is 1. The molecule has 0 bridgehead atoms. The average Bonchev–Trinajstić information content (AvgIpc) is 3.13. The Labute approximate surface area is 146 Å². The predicted molar refractivity (Wildman–Crippen MR) is 103 cm³/mol. The second-order valence-corrected chi connectivity index (χ2v) is 6.82. The largest absolute Gasteiger partial charge is 0.244 e. The zero-order chi connectivity index (χ0) is 16.4. The quantitative estimate of drug-likeness (QED) is 0.421. The molecule has 0 aliphatic carbocycles. The first kappa shape index (κ1) is 14.9. The molecule has 0 aliphatic rings. The molecule has 0 saturated carbocycles. The van der Waals surface area contributed by atoms with Crippen LogP contribution in [0.15, 0.2) is 85.1 Å². The standard InChI is InChI=1S/C22H17NS/c1-16-7-5-6-10-20(16)22-23-15-21(24-22)19-13-11-18(12-14-19)17-8-3-2-4-9-17/h2-15H,1H3. The molecule has 4 rings (SSSR count). The summed E-state index contributed by atoms with van der Waals surface area (Å²) in [6.45, 7) is 2.13. The lowest BCUT2D eigenvalue weighted by Gasteiger charge is -2.03. The van der Waals surface area contributed by atoms with Gasteiger partial charge in [-0.3, -0.25) is 0 Å². The van der Waals surface area contributed by atoms with E-state index in [-0.39, 0.29) is 0 Å². The Morgan fingerprint density at radius 3 is 2.04 bits per heavy atom. The van der Waals surface area contributed by atoms with Crippen LogP contribution in [0.5, 0.6) is 0 Å². The molecule has 4 aromatic rings. The number of thiazole rings is 1. The van der Waals surface area contributed by atoms with E-state index in [9.17, 15) is 0 Å². The SMILES string of the molecule is Cc1ccccc1-c1ncc(-c2ccc(-c3ccccc3)cc2)s1. The Balaban J connectivity index is 1.65. The van der Waals surface area contributed by atoms with Crippen LogP contribution in [0.2, 0.25) is 0 Å². The molecule has 24 heavy (non-hydrogen) atoms. The second kappa shape index (κ2) is 6.42. The lowest BCUT2D eigenvalue weighted by atomic mass is 10.0. The molecule has 0 aliphatic heterocycles. The van der Waals surface area contributed by atoms with Crippen LogP contribution in [0.4, 0.5) is 0 Å². The van der Waals surface area contributed by atoms with Gasteiger partial charge < -0.3 is 0 Å². The molecule has 0 atom stereocenters. The minimum absolute atomic E-state index is 1.08. The van der Waals surface area contributed by atoms with Crippen LogP contribution in [0.3, 0.4) is 0 Å². The highest BCUT2D eigenvalue weighted by Gasteiger charge is 2.08. The summed E-state index contributed by atoms with van der Waals surface area (Å²) in [5, 5.41) is 1.08. The summed E-state index contributed by atoms with van der Waals surface area (Å²) >= 11 is 1.74. The number of hydrogen-bond acceptors (Lipinski definition) is 2. The first-order chi connectivity index (χ1) is 11.8. The zero-order valence-electron chi connectivity index (χ0n) is 13.4. The fourth-order valence-corrected chi connectivity index (χ4v) is 3.81. The van der Waals surface area contributed by atoms with Crippen molar-refractivity contribution in [1.82, 2.24) is 4.98 Å². The van der Waals surface area contributed by atoms with E-state index in [0.29, 0.717) is 0 Å². The molecular formula is C22H17NS. The van der Waals surface area contributed by atoms with E-state index in [1.807, 2.05) is 12.3 Å². The Morgan fingerprint density at radius 1 is 0.667 bits per heavy atom. The van der Waals surface area contributed by atoms with Crippen LogP contribution in [-0.4, -0.2) is 4.98 Å². The lowest BCUT2D eigenvalue weighted by Crippen LogP contribution is -1.79. The topological polar surface area (TPSA) is 12.9 Å². The molecule has 0 N–H and O–H groups in total. The van der Waals surface area contributed by atoms with Crippen molar-refractivity contribution in [2.24, 2.45) is 0 Å². The van der Waals surface area contributed by atoms with E-state index in [0.717, 1.165) is 5.01 Å². The fourth-order valence-electron chi connectivity index (χ4n) is 2.80. The van der Waals surface area contributed by atoms with Gasteiger partial charge >= 0.3 is 0 Å². The van der Waals surface area contributed by atoms with E-state index in [1.54, 1.807) is 11.3 Å². The van der Waals surface area contributed by atoms with E-state index < -0.39 is 0 Å². The van der Waals surface area contributed by atoms with Gasteiger partial charge in [-0.1, -0.05) is 78.9 Å². The fraction of sp³-hybridized carbons (Fsp3) is 0.0455. The molecule has 0 unspecified atom stereocenters. The van der Waals surface area contributed by atoms with Crippen molar-refractivity contribution in [3.63, 3.8) is 0 Å². The molecule has 116 valence electrons. The first-order valence-electron chi connectivity index (χ1n) is 7.99. The maximum atomic E-state index is 4.62. The van der Waals surface area contributed by atoms with Crippen LogP contribution in [-0.2, 0) is 0 Å². The Kier molecular flexibility index (Phi) is 3.97. The first-order valence-corrected chi connectivity index (χ1v) is 8.80. The van der Waals surface area contributed by atoms with Gasteiger partial charge in [0.25, 0.3) is 0 Å². The van der Waals surface area contributed by atoms with Gasteiger partial charge in [-0.15, -0.1) is 11.3 Å². The molecular weight excluding hydrogens is 310 g/mol. The van der Waals surface area contributed by atoms with Crippen LogP contribution < -0.4 is 0 Å². The average molecular weight is 327 g/mol. The maximum Gasteiger partial charge on any atom is 0.124 e. The van der Waals surface area contributed by atoms with Gasteiger partial charge in [-0.05, 0) is 29.2 Å². The molecule has 0 saturated heterocycles. The zero-order valence-corrected chi connectivity index (χ0v) is 14.3. The number of hydrogen-bond donors (Lipinski definition) is 0. The van der Waals surface area contributed by atoms with Gasteiger partial charge in [0.05, 0.1) is 4.88 Å². The predicted octanol–water partition coefficient (Wildman–Crippen LogP) is 6.45. The third-order valence-electron chi connectivity index (χ3n) is 4.16. The monoisotopic (exact) mass is 327 g/mol. The van der Waals surface area contributed by atoms with Gasteiger partial charge in [0.15, 0.2) is 0 Å². The number of nitrogens with zero attached hydrogens (tertiary/aromatic N) is 1. The van der Waals surface area contributed by atoms with Crippen LogP contribution >= 0.6 is 11.3 Å². The molecule has 1 aromatic heterocycles. The van der Waals surface area contributed by atoms with E-state index >= 15 is 0 Å². The summed E-state index contributed by atoms with van der Waals surface area (Å²) in [5.41, 5.74) is 6.18. The molecule has 3 aromatic carbocycles. The van der Waals surface area contributed by atoms with Crippen molar-refractivity contribution in [2.45, 2.75) is 6.92 Å². The highest BCUT2D eigenvalue weighted by Crippen LogP contribution is 2.34. The van der Waals surface area contributed by atoms with E-state index in [4.69, 9.17) is 0 Å². The summed E-state index contributed by atoms with van der Waals surface area (Å²) in [4.78, 5) is 5.82. The minimum Gasteiger partial charge on any atom is -0.244 e. The summed E-state index contributed by atoms with van der Waals surface area (Å²) in [7, 11) is 0. The van der Waals surface area contributed by atoms with Gasteiger partial charge in [-0.2, -0.15) is 0 Å². The van der Waals surface area contributed by atoms with Gasteiger partial charge in [-0.25, -0.2) is 4.98 Å². The molecule has 1 heterocycles. The van der Waals surface area contributed by atoms with Crippen molar-refractivity contribution >= 4 is 11.3 Å². The number of benzene rings is 3. The maximum absolute atomic E-state index is 4.62. The van der Waals surface area contributed by atoms with Crippen LogP contribution in [0.25, 0.3) is 32.1 Å². The second-order valence-electron chi connectivity index (χ2n) is 5.79. The van der Waals surface area contributed by atoms with Crippen molar-refractivity contribution in [3.8, 4) is 32.1 Å². The summed E-state index contributed by atoms with van der Waals surface area (Å²) in [6.07, 6.45) is 1.98. The van der Waals surface area contributed by atoms with Crippen molar-refractivity contribution in [2.75, 3.05) is 0 Å². The normalized spacial score (nSPS) is 10.7. The van der Waals surface area contributed by atoms with Gasteiger partial charge in [0.2, 0.25) is 0 Å². The molecule has 0 radical (unpaired) electrons. The Bertz CT molecular complexity index is 953. The molecule has 0 spiro atoms. The highest BCUT2D eigenvalue weighted by atomic mass is 32.1. The minimum atomic E-state index is 1.08. The summed E-state index contributed by atoms with van der Waals surface area (Å²) in [6, 6.07) is 27.6. The van der Waals surface area contributed by atoms with Gasteiger partial charge in [0, 0.05) is 11.8 Å². The van der Waals surface area contributed by atoms with Crippen molar-refractivity contribution < 1.29 is 0 Å². The molecule has 0 amide bonds. The molecule has 2 heteroatoms. The molecule has 1 nitrogen and oxygen atoms in total. The Morgan fingerprint density at radius 2 is 1.29 bits per heavy atom. The highest BCUT2D eigenvalue weighted by molar-refractivity contribution is 7.18. The number of rotatable bonds is 3. The van der Waals surface area contributed by atoms with Crippen LogP contribution in [0, 0.1) is 6.92 Å². The Hall–Kier alpha value is -2.71. The third-order valence-corrected chi connectivity index (χ3v) is 5.24. The third kappa shape index (κ3) is 2.89. The summed E-state index contributed by atoms with van der Waals surface area (Å²) < 4.78 is 0.